The molecule has 1 aliphatic heterocycles. The number of amides is 1. The van der Waals surface area contributed by atoms with Crippen LogP contribution in [0.25, 0.3) is 0 Å². The first kappa shape index (κ1) is 27.5. The van der Waals surface area contributed by atoms with Gasteiger partial charge in [0.05, 0.1) is 18.8 Å². The molecular formula is C29H40FN3O4. The molecule has 3 N–H and O–H groups in total. The number of aromatic nitrogens is 1. The van der Waals surface area contributed by atoms with E-state index in [1.807, 2.05) is 6.20 Å². The third-order valence-electron chi connectivity index (χ3n) is 7.48. The Morgan fingerprint density at radius 1 is 1.30 bits per heavy atom. The number of hydrogen-bond acceptors (Lipinski definition) is 6. The molecule has 37 heavy (non-hydrogen) atoms. The second-order valence-corrected chi connectivity index (χ2v) is 11.5. The number of aliphatic hydroxyl groups excluding tert-OH is 1. The lowest BCUT2D eigenvalue weighted by molar-refractivity contribution is -0.120. The van der Waals surface area contributed by atoms with E-state index in [4.69, 9.17) is 14.5 Å². The Kier molecular flexibility index (Phi) is 8.51. The van der Waals surface area contributed by atoms with Crippen LogP contribution in [0.4, 0.5) is 4.39 Å². The number of hydrogen-bond donors (Lipinski definition) is 3. The smallest absolute Gasteiger partial charge is 0.218 e. The number of halogens is 1. The molecule has 1 aliphatic carbocycles. The van der Waals surface area contributed by atoms with E-state index in [0.717, 1.165) is 48.8 Å². The molecule has 0 radical (unpaired) electrons. The molecule has 1 fully saturated rings. The zero-order valence-corrected chi connectivity index (χ0v) is 22.4. The molecule has 1 amide bonds. The molecule has 202 valence electrons. The van der Waals surface area contributed by atoms with E-state index in [9.17, 15) is 14.3 Å². The van der Waals surface area contributed by atoms with Gasteiger partial charge in [0, 0.05) is 44.8 Å². The third kappa shape index (κ3) is 7.06. The first-order valence-corrected chi connectivity index (χ1v) is 13.2. The molecule has 2 aromatic rings. The van der Waals surface area contributed by atoms with Gasteiger partial charge < -0.3 is 25.2 Å². The lowest BCUT2D eigenvalue weighted by Gasteiger charge is -2.47. The van der Waals surface area contributed by atoms with Crippen molar-refractivity contribution < 1.29 is 23.8 Å². The van der Waals surface area contributed by atoms with Gasteiger partial charge in [-0.3, -0.25) is 4.79 Å². The normalized spacial score (nSPS) is 19.9. The van der Waals surface area contributed by atoms with Crippen molar-refractivity contribution in [3.8, 4) is 5.88 Å². The summed E-state index contributed by atoms with van der Waals surface area (Å²) in [6.45, 7) is 6.71. The number of pyridine rings is 1. The van der Waals surface area contributed by atoms with Gasteiger partial charge in [-0.25, -0.2) is 9.37 Å². The fourth-order valence-corrected chi connectivity index (χ4v) is 5.55. The SMILES string of the molecule is COCC(C)(C)Cc1cnc2c(c1)[C@@H](NC[C@H](O)[C@H](Cc1ccc(F)cc1)NC(C)=O)CC1(CCC1)O2. The average Bonchev–Trinajstić information content (AvgIpc) is 2.81. The second-order valence-electron chi connectivity index (χ2n) is 11.5. The van der Waals surface area contributed by atoms with Crippen molar-refractivity contribution in [3.05, 3.63) is 59.0 Å². The van der Waals surface area contributed by atoms with Crippen LogP contribution >= 0.6 is 0 Å². The molecule has 0 bridgehead atoms. The van der Waals surface area contributed by atoms with E-state index >= 15 is 0 Å². The van der Waals surface area contributed by atoms with Crippen molar-refractivity contribution in [3.63, 3.8) is 0 Å². The number of rotatable bonds is 11. The number of fused-ring (bicyclic) bond motifs is 1. The van der Waals surface area contributed by atoms with Gasteiger partial charge in [-0.2, -0.15) is 0 Å². The largest absolute Gasteiger partial charge is 0.471 e. The van der Waals surface area contributed by atoms with Crippen molar-refractivity contribution in [1.82, 2.24) is 15.6 Å². The van der Waals surface area contributed by atoms with E-state index in [1.54, 1.807) is 19.2 Å². The number of benzene rings is 1. The number of nitrogens with one attached hydrogen (secondary N) is 2. The zero-order chi connectivity index (χ0) is 26.6. The van der Waals surface area contributed by atoms with Crippen LogP contribution in [-0.4, -0.2) is 54.0 Å². The Bertz CT molecular complexity index is 1070. The summed E-state index contributed by atoms with van der Waals surface area (Å²) in [7, 11) is 1.72. The van der Waals surface area contributed by atoms with Crippen LogP contribution in [0, 0.1) is 11.2 Å². The number of nitrogens with zero attached hydrogens (tertiary/aromatic N) is 1. The number of methoxy groups -OCH3 is 1. The summed E-state index contributed by atoms with van der Waals surface area (Å²) in [5, 5.41) is 17.5. The average molecular weight is 514 g/mol. The van der Waals surface area contributed by atoms with Crippen LogP contribution in [0.1, 0.15) is 69.2 Å². The van der Waals surface area contributed by atoms with E-state index in [0.29, 0.717) is 18.9 Å². The Morgan fingerprint density at radius 2 is 2.03 bits per heavy atom. The molecule has 4 rings (SSSR count). The van der Waals surface area contributed by atoms with Crippen LogP contribution in [0.3, 0.4) is 0 Å². The summed E-state index contributed by atoms with van der Waals surface area (Å²) in [6.07, 6.45) is 6.22. The van der Waals surface area contributed by atoms with E-state index in [-0.39, 0.29) is 35.3 Å². The molecule has 1 saturated carbocycles. The summed E-state index contributed by atoms with van der Waals surface area (Å²) >= 11 is 0. The molecule has 0 saturated heterocycles. The van der Waals surface area contributed by atoms with E-state index in [1.165, 1.54) is 19.1 Å². The van der Waals surface area contributed by atoms with Crippen molar-refractivity contribution in [2.45, 2.75) is 83.1 Å². The Morgan fingerprint density at radius 3 is 2.65 bits per heavy atom. The molecule has 2 heterocycles. The van der Waals surface area contributed by atoms with Crippen molar-refractivity contribution in [2.24, 2.45) is 5.41 Å². The predicted octanol–water partition coefficient (Wildman–Crippen LogP) is 3.88. The molecule has 1 aromatic heterocycles. The summed E-state index contributed by atoms with van der Waals surface area (Å²) < 4.78 is 25.1. The van der Waals surface area contributed by atoms with Crippen LogP contribution < -0.4 is 15.4 Å². The Hall–Kier alpha value is -2.55. The number of aliphatic hydroxyl groups is 1. The maximum Gasteiger partial charge on any atom is 0.218 e. The maximum atomic E-state index is 13.3. The standard InChI is InChI=1S/C29H40FN3O4/c1-19(34)33-24(13-20-6-8-22(30)9-7-20)26(35)17-31-25-15-29(10-5-11-29)37-27-23(25)12-21(16-32-27)14-28(2,3)18-36-4/h6-9,12,16,24-26,31,35H,5,10-11,13-15,17-18H2,1-4H3,(H,33,34)/t24-,25-,26-/m0/s1. The lowest BCUT2D eigenvalue weighted by atomic mass is 9.73. The van der Waals surface area contributed by atoms with E-state index < -0.39 is 12.1 Å². The van der Waals surface area contributed by atoms with Gasteiger partial charge in [-0.05, 0) is 66.8 Å². The number of carbonyl (C=O) groups excluding carboxylic acids is 1. The quantitative estimate of drug-likeness (QED) is 0.422. The maximum absolute atomic E-state index is 13.3. The Balaban J connectivity index is 1.49. The summed E-state index contributed by atoms with van der Waals surface area (Å²) in [5.74, 6) is 0.128. The van der Waals surface area contributed by atoms with Crippen LogP contribution in [-0.2, 0) is 22.4 Å². The van der Waals surface area contributed by atoms with Gasteiger partial charge in [-0.15, -0.1) is 0 Å². The van der Waals surface area contributed by atoms with Gasteiger partial charge in [-0.1, -0.05) is 26.0 Å². The highest BCUT2D eigenvalue weighted by Gasteiger charge is 2.46. The molecule has 8 heteroatoms. The minimum atomic E-state index is -0.839. The lowest BCUT2D eigenvalue weighted by Crippen LogP contribution is -2.52. The molecule has 3 atom stereocenters. The van der Waals surface area contributed by atoms with Crippen molar-refractivity contribution in [2.75, 3.05) is 20.3 Å². The highest BCUT2D eigenvalue weighted by molar-refractivity contribution is 5.73. The summed E-state index contributed by atoms with van der Waals surface area (Å²) in [6, 6.07) is 7.77. The molecule has 1 aromatic carbocycles. The van der Waals surface area contributed by atoms with Crippen molar-refractivity contribution >= 4 is 5.91 Å². The molecule has 2 aliphatic rings. The van der Waals surface area contributed by atoms with Gasteiger partial charge >= 0.3 is 0 Å². The number of carbonyl (C=O) groups is 1. The summed E-state index contributed by atoms with van der Waals surface area (Å²) in [4.78, 5) is 16.6. The highest BCUT2D eigenvalue weighted by atomic mass is 19.1. The van der Waals surface area contributed by atoms with Crippen LogP contribution in [0.5, 0.6) is 5.88 Å². The minimum Gasteiger partial charge on any atom is -0.471 e. The monoisotopic (exact) mass is 513 g/mol. The minimum absolute atomic E-state index is 0.0273. The second kappa shape index (κ2) is 11.5. The molecule has 0 unspecified atom stereocenters. The third-order valence-corrected chi connectivity index (χ3v) is 7.48. The number of ether oxygens (including phenoxy) is 2. The molecule has 7 nitrogen and oxygen atoms in total. The molecule has 1 spiro atoms. The van der Waals surface area contributed by atoms with Crippen LogP contribution in [0.2, 0.25) is 0 Å². The van der Waals surface area contributed by atoms with Gasteiger partial charge in [0.2, 0.25) is 11.8 Å². The predicted molar refractivity (Wildman–Crippen MR) is 140 cm³/mol. The zero-order valence-electron chi connectivity index (χ0n) is 22.4. The van der Waals surface area contributed by atoms with Crippen LogP contribution in [0.15, 0.2) is 36.5 Å². The first-order valence-electron chi connectivity index (χ1n) is 13.2. The van der Waals surface area contributed by atoms with Crippen molar-refractivity contribution in [1.29, 1.82) is 0 Å². The van der Waals surface area contributed by atoms with Gasteiger partial charge in [0.25, 0.3) is 0 Å². The van der Waals surface area contributed by atoms with Gasteiger partial charge in [0.1, 0.15) is 11.4 Å². The Labute approximate surface area is 219 Å². The summed E-state index contributed by atoms with van der Waals surface area (Å²) in [5.41, 5.74) is 2.74. The fourth-order valence-electron chi connectivity index (χ4n) is 5.55. The topological polar surface area (TPSA) is 92.7 Å². The fraction of sp³-hybridized carbons (Fsp3) is 0.586. The first-order chi connectivity index (χ1) is 17.6. The van der Waals surface area contributed by atoms with Gasteiger partial charge in [0.15, 0.2) is 0 Å². The van der Waals surface area contributed by atoms with E-state index in [2.05, 4.69) is 30.5 Å². The molecular weight excluding hydrogens is 473 g/mol. The highest BCUT2D eigenvalue weighted by Crippen LogP contribution is 2.48.